The summed E-state index contributed by atoms with van der Waals surface area (Å²) in [5, 5.41) is 42.7. The molecule has 0 radical (unpaired) electrons. The number of rotatable bonds is 18. The van der Waals surface area contributed by atoms with Crippen molar-refractivity contribution < 1.29 is 13.6 Å². The highest BCUT2D eigenvalue weighted by molar-refractivity contribution is 7.09. The van der Waals surface area contributed by atoms with Gasteiger partial charge in [0.2, 0.25) is 16.2 Å². The quantitative estimate of drug-likeness (QED) is 0.0310. The molecule has 0 bridgehead atoms. The monoisotopic (exact) mass is 1340 g/mol. The van der Waals surface area contributed by atoms with E-state index >= 15 is 0 Å². The summed E-state index contributed by atoms with van der Waals surface area (Å²) in [7, 11) is 0. The zero-order valence-corrected chi connectivity index (χ0v) is 51.6. The van der Waals surface area contributed by atoms with Gasteiger partial charge in [0, 0.05) is 67.7 Å². The van der Waals surface area contributed by atoms with Gasteiger partial charge in [-0.3, -0.25) is 9.97 Å². The molecule has 0 aliphatic carbocycles. The lowest BCUT2D eigenvalue weighted by molar-refractivity contribution is 0.296. The smallest absolute Gasteiger partial charge is 0.296 e. The van der Waals surface area contributed by atoms with E-state index in [9.17, 15) is 0 Å². The molecule has 15 heterocycles. The molecular formula is C53H46Cl5N29O3S. The second-order valence-electron chi connectivity index (χ2n) is 18.1. The van der Waals surface area contributed by atoms with Gasteiger partial charge in [-0.1, -0.05) is 41.7 Å². The van der Waals surface area contributed by atoms with Gasteiger partial charge in [0.15, 0.2) is 22.8 Å². The van der Waals surface area contributed by atoms with E-state index in [1.165, 1.54) is 19.0 Å². The average molecular weight is 1350 g/mol. The van der Waals surface area contributed by atoms with Crippen molar-refractivity contribution in [1.82, 2.24) is 119 Å². The number of imidazole rings is 1. The molecule has 462 valence electrons. The third kappa shape index (κ3) is 17.0. The van der Waals surface area contributed by atoms with Crippen LogP contribution >= 0.6 is 69.3 Å². The molecule has 91 heavy (non-hydrogen) atoms. The Morgan fingerprint density at radius 1 is 0.527 bits per heavy atom. The molecule has 0 saturated carbocycles. The molecule has 0 atom stereocenters. The summed E-state index contributed by atoms with van der Waals surface area (Å²) in [4.78, 5) is 59.9. The van der Waals surface area contributed by atoms with Gasteiger partial charge in [-0.25, -0.2) is 4.98 Å². The van der Waals surface area contributed by atoms with Gasteiger partial charge in [-0.05, 0) is 89.3 Å². The molecule has 0 saturated heterocycles. The molecule has 15 rings (SSSR count). The summed E-state index contributed by atoms with van der Waals surface area (Å²) in [6.07, 6.45) is 17.2. The highest BCUT2D eigenvalue weighted by atomic mass is 35.5. The van der Waals surface area contributed by atoms with Crippen molar-refractivity contribution in [1.29, 1.82) is 0 Å². The van der Waals surface area contributed by atoms with Gasteiger partial charge >= 0.3 is 0 Å². The number of hydrogen-bond donors (Lipinski definition) is 7. The Bertz CT molecular complexity index is 4440. The van der Waals surface area contributed by atoms with E-state index in [2.05, 4.69) is 132 Å². The molecule has 0 spiro atoms. The van der Waals surface area contributed by atoms with Crippen LogP contribution in [0, 0.1) is 0 Å². The van der Waals surface area contributed by atoms with E-state index in [0.717, 1.165) is 45.7 Å². The number of thiazole rings is 1. The average Bonchev–Trinajstić information content (AvgIpc) is 1.94. The van der Waals surface area contributed by atoms with E-state index in [-0.39, 0.29) is 10.6 Å². The lowest BCUT2D eigenvalue weighted by atomic mass is 10.3. The summed E-state index contributed by atoms with van der Waals surface area (Å²) >= 11 is 31.0. The molecule has 0 amide bonds. The maximum absolute atomic E-state index is 5.95. The number of nitrogens with one attached hydrogen (secondary N) is 7. The van der Waals surface area contributed by atoms with Crippen LogP contribution in [0.25, 0.3) is 39.7 Å². The molecule has 32 nitrogen and oxygen atoms in total. The summed E-state index contributed by atoms with van der Waals surface area (Å²) in [6.45, 7) is 5.51. The first-order chi connectivity index (χ1) is 44.6. The molecule has 38 heteroatoms. The summed E-state index contributed by atoms with van der Waals surface area (Å²) in [5.74, 6) is 6.33. The topological polar surface area (TPSA) is 385 Å². The molecule has 0 unspecified atom stereocenters. The van der Waals surface area contributed by atoms with Crippen LogP contribution in [0.5, 0.6) is 6.01 Å². The van der Waals surface area contributed by atoms with Gasteiger partial charge < -0.3 is 45.1 Å². The van der Waals surface area contributed by atoms with Crippen LogP contribution < -0.4 is 31.3 Å². The third-order valence-corrected chi connectivity index (χ3v) is 13.6. The first-order valence-electron chi connectivity index (χ1n) is 26.9. The van der Waals surface area contributed by atoms with Crippen LogP contribution in [0.2, 0.25) is 26.0 Å². The summed E-state index contributed by atoms with van der Waals surface area (Å²) in [6, 6.07) is 20.6. The Balaban J connectivity index is 0.000000117. The van der Waals surface area contributed by atoms with E-state index < -0.39 is 0 Å². The molecule has 15 aromatic rings. The first-order valence-corrected chi connectivity index (χ1v) is 29.6. The van der Waals surface area contributed by atoms with Gasteiger partial charge in [0.25, 0.3) is 23.3 Å². The Kier molecular flexibility index (Phi) is 20.8. The predicted octanol–water partition coefficient (Wildman–Crippen LogP) is 10.0. The number of aromatic amines is 2. The molecule has 0 aliphatic heterocycles. The molecule has 15 aromatic heterocycles. The molecule has 7 N–H and O–H groups in total. The molecule has 0 aromatic carbocycles. The first kappa shape index (κ1) is 62.0. The van der Waals surface area contributed by atoms with Crippen molar-refractivity contribution in [2.75, 3.05) is 33.2 Å². The number of furan rings is 2. The Hall–Kier alpha value is -10.6. The van der Waals surface area contributed by atoms with Crippen molar-refractivity contribution in [3.8, 4) is 6.01 Å². The van der Waals surface area contributed by atoms with Crippen molar-refractivity contribution in [3.05, 3.63) is 188 Å². The van der Waals surface area contributed by atoms with Crippen LogP contribution in [0.15, 0.2) is 143 Å². The Morgan fingerprint density at radius 3 is 1.56 bits per heavy atom. The van der Waals surface area contributed by atoms with Gasteiger partial charge in [-0.2, -0.15) is 94.0 Å². The summed E-state index contributed by atoms with van der Waals surface area (Å²) < 4.78 is 20.7. The standard InChI is InChI=1S/C14H15ClN6O.C11H9ClN6.C10H8ClN5O.C9H7ClN6O.C9H7ClN6S/c1-2-7-22-14-18-10-11(19-13(15)20-12(10)21-14)17-8-9-3-5-16-6-4-9;12-9-5-10(18-11(17-9)15-7-16-18)14-6-8-1-3-13-4-2-8;11-8-4-9(12-5-7-2-1-3-17-7)16-10(15-8)13-6-14-16;10-9-12-7(6-8(13-9)15-16-14-6)11-4-5-2-1-3-17-5;10-6-3-7(12-4-8-11-1-2-17-8)16-9(15-6)13-5-14-16/h3-6H,2,7-8H2,1H3,(H2,17,18,19,20,21);1-5,7,14H,6H2;1-4,6,12H,5H2;1-3H,4H2,(H2,11,12,13,14,15,16);1-3,5,12H,4H2. The Morgan fingerprint density at radius 2 is 1.03 bits per heavy atom. The summed E-state index contributed by atoms with van der Waals surface area (Å²) in [5.41, 5.74) is 4.31. The number of ether oxygens (including phenoxy) is 1. The lowest BCUT2D eigenvalue weighted by Crippen LogP contribution is -2.06. The van der Waals surface area contributed by atoms with Crippen LogP contribution in [0.1, 0.15) is 41.0 Å². The van der Waals surface area contributed by atoms with Crippen molar-refractivity contribution in [2.24, 2.45) is 0 Å². The minimum atomic E-state index is 0.119. The highest BCUT2D eigenvalue weighted by Gasteiger charge is 2.15. The van der Waals surface area contributed by atoms with Crippen LogP contribution in [-0.4, -0.2) is 126 Å². The van der Waals surface area contributed by atoms with Crippen LogP contribution in [0.3, 0.4) is 0 Å². The van der Waals surface area contributed by atoms with E-state index in [1.807, 2.05) is 60.8 Å². The number of nitrogens with zero attached hydrogens (tertiary/aromatic N) is 22. The second kappa shape index (κ2) is 30.6. The zero-order chi connectivity index (χ0) is 62.7. The van der Waals surface area contributed by atoms with Crippen LogP contribution in [-0.2, 0) is 32.7 Å². The Labute approximate surface area is 541 Å². The number of halogens is 5. The fourth-order valence-corrected chi connectivity index (χ4v) is 9.30. The highest BCUT2D eigenvalue weighted by Crippen LogP contribution is 2.25. The number of H-pyrrole nitrogens is 2. The van der Waals surface area contributed by atoms with Crippen molar-refractivity contribution in [3.63, 3.8) is 0 Å². The largest absolute Gasteiger partial charge is 0.467 e. The second-order valence-corrected chi connectivity index (χ2v) is 21.0. The predicted molar refractivity (Wildman–Crippen MR) is 339 cm³/mol. The maximum Gasteiger partial charge on any atom is 0.296 e. The normalized spacial score (nSPS) is 10.8. The molecule has 0 aliphatic rings. The van der Waals surface area contributed by atoms with E-state index in [4.69, 9.17) is 71.6 Å². The number of aromatic nitrogens is 24. The van der Waals surface area contributed by atoms with E-state index in [1.54, 1.807) is 86.6 Å². The minimum absolute atomic E-state index is 0.119. The third-order valence-electron chi connectivity index (χ3n) is 11.9. The number of pyridine rings is 2. The minimum Gasteiger partial charge on any atom is -0.467 e. The van der Waals surface area contributed by atoms with Gasteiger partial charge in [0.1, 0.15) is 73.9 Å². The molecule has 0 fully saturated rings. The fraction of sp³-hybridized carbons (Fsp3) is 0.151. The fourth-order valence-electron chi connectivity index (χ4n) is 7.88. The van der Waals surface area contributed by atoms with Gasteiger partial charge in [0.05, 0.1) is 38.8 Å². The van der Waals surface area contributed by atoms with E-state index in [0.29, 0.717) is 118 Å². The van der Waals surface area contributed by atoms with Crippen molar-refractivity contribution >= 4 is 138 Å². The lowest BCUT2D eigenvalue weighted by Gasteiger charge is -2.07. The molecular weight excluding hydrogens is 1300 g/mol. The maximum atomic E-state index is 5.95. The number of fused-ring (bicyclic) bond motifs is 5. The zero-order valence-electron chi connectivity index (χ0n) is 47.0. The number of anilines is 5. The SMILES string of the molecule is CCCOc1nc2nc(Cl)nc(NCc3ccncc3)c2[nH]1.Clc1cc(NCc2ccco2)n2ncnc2n1.Clc1cc(NCc2ccncc2)n2ncnc2n1.Clc1cc(NCc2nccs2)n2ncnc2n1.Clc1nc(NCc2ccco2)c2n[nH]nc2n1. The van der Waals surface area contributed by atoms with Crippen molar-refractivity contribution in [2.45, 2.75) is 46.1 Å². The number of hydrogen-bond acceptors (Lipinski definition) is 28. The van der Waals surface area contributed by atoms with Gasteiger partial charge in [-0.15, -0.1) is 16.4 Å². The van der Waals surface area contributed by atoms with Crippen LogP contribution in [0.4, 0.5) is 29.1 Å².